The Morgan fingerprint density at radius 2 is 2.18 bits per heavy atom. The van der Waals surface area contributed by atoms with Crippen LogP contribution in [0, 0.1) is 0 Å². The van der Waals surface area contributed by atoms with Crippen molar-refractivity contribution in [2.45, 2.75) is 33.1 Å². The van der Waals surface area contributed by atoms with Gasteiger partial charge < -0.3 is 4.74 Å². The van der Waals surface area contributed by atoms with Crippen LogP contribution in [0.2, 0.25) is 0 Å². The highest BCUT2D eigenvalue weighted by Gasteiger charge is 1.86. The summed E-state index contributed by atoms with van der Waals surface area (Å²) < 4.78 is 5.11. The lowest BCUT2D eigenvalue weighted by molar-refractivity contribution is 0.305. The summed E-state index contributed by atoms with van der Waals surface area (Å²) in [6.07, 6.45) is 9.69. The minimum absolute atomic E-state index is 0.973. The topological polar surface area (TPSA) is 9.23 Å². The molecule has 0 saturated heterocycles. The quantitative estimate of drug-likeness (QED) is 0.335. The molecule has 1 nitrogen and oxygen atoms in total. The molecule has 64 valence electrons. The van der Waals surface area contributed by atoms with Crippen molar-refractivity contribution >= 4 is 0 Å². The van der Waals surface area contributed by atoms with Gasteiger partial charge in [0, 0.05) is 0 Å². The molecule has 0 aliphatic heterocycles. The van der Waals surface area contributed by atoms with Gasteiger partial charge in [0.2, 0.25) is 0 Å². The van der Waals surface area contributed by atoms with Crippen LogP contribution < -0.4 is 0 Å². The van der Waals surface area contributed by atoms with Gasteiger partial charge in [0.15, 0.2) is 0 Å². The van der Waals surface area contributed by atoms with Crippen molar-refractivity contribution in [3.05, 3.63) is 24.0 Å². The molecule has 0 bridgehead atoms. The average molecular weight is 154 g/mol. The van der Waals surface area contributed by atoms with E-state index in [0.717, 1.165) is 12.2 Å². The normalized spacial score (nSPS) is 12.5. The Kier molecular flexibility index (Phi) is 6.90. The van der Waals surface area contributed by atoms with Gasteiger partial charge in [0.1, 0.15) is 5.76 Å². The Balaban J connectivity index is 3.71. The van der Waals surface area contributed by atoms with Crippen LogP contribution in [0.15, 0.2) is 24.0 Å². The van der Waals surface area contributed by atoms with Gasteiger partial charge in [0.05, 0.1) is 7.11 Å². The Hall–Kier alpha value is -0.720. The fourth-order valence-corrected chi connectivity index (χ4v) is 0.832. The smallest absolute Gasteiger partial charge is 0.114 e. The maximum atomic E-state index is 5.11. The molecule has 0 aromatic carbocycles. The first-order chi connectivity index (χ1) is 5.35. The van der Waals surface area contributed by atoms with E-state index in [1.165, 1.54) is 12.8 Å². The third kappa shape index (κ3) is 5.71. The van der Waals surface area contributed by atoms with E-state index in [9.17, 15) is 0 Å². The van der Waals surface area contributed by atoms with E-state index in [1.807, 2.05) is 19.1 Å². The van der Waals surface area contributed by atoms with Gasteiger partial charge in [-0.15, -0.1) is 0 Å². The highest BCUT2D eigenvalue weighted by molar-refractivity contribution is 5.10. The molecule has 0 aliphatic carbocycles. The average Bonchev–Trinajstić information content (AvgIpc) is 2.03. The first-order valence-electron chi connectivity index (χ1n) is 4.22. The first kappa shape index (κ1) is 10.3. The van der Waals surface area contributed by atoms with Gasteiger partial charge in [-0.2, -0.15) is 0 Å². The summed E-state index contributed by atoms with van der Waals surface area (Å²) in [4.78, 5) is 0. The molecule has 0 aromatic rings. The lowest BCUT2D eigenvalue weighted by atomic mass is 10.2. The van der Waals surface area contributed by atoms with Crippen LogP contribution in [0.25, 0.3) is 0 Å². The zero-order valence-corrected chi connectivity index (χ0v) is 7.76. The zero-order chi connectivity index (χ0) is 8.53. The molecule has 0 spiro atoms. The standard InChI is InChI=1S/C10H18O/c1-4-6-7-9-10(11-3)8-5-2/h5,8-9H,4,6-7H2,1-3H3/b8-5+,10-9-. The van der Waals surface area contributed by atoms with E-state index in [-0.39, 0.29) is 0 Å². The zero-order valence-electron chi connectivity index (χ0n) is 7.76. The van der Waals surface area contributed by atoms with Crippen molar-refractivity contribution in [1.29, 1.82) is 0 Å². The lowest BCUT2D eigenvalue weighted by Gasteiger charge is -1.98. The minimum Gasteiger partial charge on any atom is -0.497 e. The van der Waals surface area contributed by atoms with Gasteiger partial charge in [-0.05, 0) is 31.9 Å². The highest BCUT2D eigenvalue weighted by atomic mass is 16.5. The third-order valence-electron chi connectivity index (χ3n) is 1.47. The molecule has 0 radical (unpaired) electrons. The number of unbranched alkanes of at least 4 members (excludes halogenated alkanes) is 2. The molecule has 0 rings (SSSR count). The fraction of sp³-hybridized carbons (Fsp3) is 0.600. The predicted octanol–water partition coefficient (Wildman–Crippen LogP) is 3.28. The molecule has 0 heterocycles. The van der Waals surface area contributed by atoms with Crippen molar-refractivity contribution < 1.29 is 4.74 Å². The Labute approximate surface area is 69.8 Å². The van der Waals surface area contributed by atoms with Crippen LogP contribution in [0.4, 0.5) is 0 Å². The second-order valence-corrected chi connectivity index (χ2v) is 2.45. The molecule has 0 N–H and O–H groups in total. The van der Waals surface area contributed by atoms with Crippen molar-refractivity contribution in [3.8, 4) is 0 Å². The summed E-state index contributed by atoms with van der Waals surface area (Å²) in [5, 5.41) is 0. The number of allylic oxidation sites excluding steroid dienone is 3. The summed E-state index contributed by atoms with van der Waals surface area (Å²) in [7, 11) is 1.71. The van der Waals surface area contributed by atoms with E-state index >= 15 is 0 Å². The maximum absolute atomic E-state index is 5.11. The summed E-state index contributed by atoms with van der Waals surface area (Å²) in [5.41, 5.74) is 0. The van der Waals surface area contributed by atoms with E-state index in [1.54, 1.807) is 7.11 Å². The summed E-state index contributed by atoms with van der Waals surface area (Å²) >= 11 is 0. The van der Waals surface area contributed by atoms with Crippen molar-refractivity contribution in [3.63, 3.8) is 0 Å². The molecule has 0 unspecified atom stereocenters. The predicted molar refractivity (Wildman–Crippen MR) is 49.4 cm³/mol. The maximum Gasteiger partial charge on any atom is 0.114 e. The van der Waals surface area contributed by atoms with Crippen LogP contribution in [0.3, 0.4) is 0 Å². The van der Waals surface area contributed by atoms with Crippen molar-refractivity contribution in [2.75, 3.05) is 7.11 Å². The van der Waals surface area contributed by atoms with Crippen molar-refractivity contribution in [2.24, 2.45) is 0 Å². The van der Waals surface area contributed by atoms with E-state index in [4.69, 9.17) is 4.74 Å². The molecular weight excluding hydrogens is 136 g/mol. The number of ether oxygens (including phenoxy) is 1. The van der Waals surface area contributed by atoms with E-state index in [0.29, 0.717) is 0 Å². The van der Waals surface area contributed by atoms with Gasteiger partial charge in [-0.3, -0.25) is 0 Å². The van der Waals surface area contributed by atoms with Crippen LogP contribution in [-0.2, 0) is 4.74 Å². The molecule has 0 atom stereocenters. The molecule has 1 heteroatoms. The third-order valence-corrected chi connectivity index (χ3v) is 1.47. The second kappa shape index (κ2) is 7.39. The van der Waals surface area contributed by atoms with Gasteiger partial charge in [-0.25, -0.2) is 0 Å². The lowest BCUT2D eigenvalue weighted by Crippen LogP contribution is -1.81. The van der Waals surface area contributed by atoms with E-state index in [2.05, 4.69) is 13.0 Å². The number of rotatable bonds is 5. The Morgan fingerprint density at radius 3 is 2.64 bits per heavy atom. The summed E-state index contributed by atoms with van der Waals surface area (Å²) in [6, 6.07) is 0. The first-order valence-corrected chi connectivity index (χ1v) is 4.22. The molecule has 0 amide bonds. The highest BCUT2D eigenvalue weighted by Crippen LogP contribution is 2.03. The van der Waals surface area contributed by atoms with Gasteiger partial charge in [-0.1, -0.05) is 19.4 Å². The monoisotopic (exact) mass is 154 g/mol. The second-order valence-electron chi connectivity index (χ2n) is 2.45. The number of methoxy groups -OCH3 is 1. The SMILES string of the molecule is C/C=C/C(=C/CCCC)OC. The molecule has 0 aromatic heterocycles. The van der Waals surface area contributed by atoms with Gasteiger partial charge >= 0.3 is 0 Å². The largest absolute Gasteiger partial charge is 0.497 e. The summed E-state index contributed by atoms with van der Waals surface area (Å²) in [5.74, 6) is 0.973. The molecule has 0 aliphatic rings. The molecule has 0 saturated carbocycles. The van der Waals surface area contributed by atoms with Crippen LogP contribution in [-0.4, -0.2) is 7.11 Å². The van der Waals surface area contributed by atoms with Crippen LogP contribution >= 0.6 is 0 Å². The minimum atomic E-state index is 0.973. The number of hydrogen-bond acceptors (Lipinski definition) is 1. The van der Waals surface area contributed by atoms with Crippen LogP contribution in [0.1, 0.15) is 33.1 Å². The van der Waals surface area contributed by atoms with E-state index < -0.39 is 0 Å². The van der Waals surface area contributed by atoms with Gasteiger partial charge in [0.25, 0.3) is 0 Å². The fourth-order valence-electron chi connectivity index (χ4n) is 0.832. The molecule has 0 fully saturated rings. The number of hydrogen-bond donors (Lipinski definition) is 0. The summed E-state index contributed by atoms with van der Waals surface area (Å²) in [6.45, 7) is 4.18. The molecular formula is C10H18O. The Morgan fingerprint density at radius 1 is 1.45 bits per heavy atom. The molecule has 11 heavy (non-hydrogen) atoms. The van der Waals surface area contributed by atoms with Crippen LogP contribution in [0.5, 0.6) is 0 Å². The van der Waals surface area contributed by atoms with Crippen molar-refractivity contribution in [1.82, 2.24) is 0 Å². The Bertz CT molecular complexity index is 134.